The van der Waals surface area contributed by atoms with Crippen LogP contribution in [0.1, 0.15) is 42.0 Å². The van der Waals surface area contributed by atoms with E-state index in [0.717, 1.165) is 44.3 Å². The molecular formula is C37H43N3O4S2. The van der Waals surface area contributed by atoms with Gasteiger partial charge in [0.1, 0.15) is 12.6 Å². The second-order valence-corrected chi connectivity index (χ2v) is 14.1. The molecule has 0 heterocycles. The molecule has 2 amide bonds. The van der Waals surface area contributed by atoms with Crippen molar-refractivity contribution in [1.29, 1.82) is 0 Å². The molecule has 7 nitrogen and oxygen atoms in total. The first-order chi connectivity index (χ1) is 22.1. The van der Waals surface area contributed by atoms with E-state index in [0.29, 0.717) is 12.2 Å². The minimum absolute atomic E-state index is 0.0851. The Kier molecular flexibility index (Phi) is 12.5. The van der Waals surface area contributed by atoms with E-state index in [-0.39, 0.29) is 23.8 Å². The van der Waals surface area contributed by atoms with Crippen molar-refractivity contribution < 1.29 is 18.0 Å². The highest BCUT2D eigenvalue weighted by molar-refractivity contribution is 7.98. The SMILES string of the molecule is CCCCNC(=O)C(Cc1ccccc1)N(Cc1ccc(C)cc1)C(=O)CN(c1ccc(C)cc1)S(=O)(=O)c1ccc(SC)cc1. The topological polar surface area (TPSA) is 86.8 Å². The van der Waals surface area contributed by atoms with Crippen LogP contribution in [0.5, 0.6) is 0 Å². The summed E-state index contributed by atoms with van der Waals surface area (Å²) < 4.78 is 29.6. The first-order valence-corrected chi connectivity index (χ1v) is 18.2. The second-order valence-electron chi connectivity index (χ2n) is 11.4. The lowest BCUT2D eigenvalue weighted by Crippen LogP contribution is -2.53. The molecule has 1 atom stereocenters. The molecule has 9 heteroatoms. The number of amides is 2. The molecule has 0 bridgehead atoms. The molecule has 4 aromatic carbocycles. The van der Waals surface area contributed by atoms with Crippen molar-refractivity contribution in [3.63, 3.8) is 0 Å². The number of nitrogens with one attached hydrogen (secondary N) is 1. The number of rotatable bonds is 15. The number of benzene rings is 4. The van der Waals surface area contributed by atoms with Crippen molar-refractivity contribution in [2.75, 3.05) is 23.7 Å². The normalized spacial score (nSPS) is 11.9. The van der Waals surface area contributed by atoms with Crippen LogP contribution in [-0.2, 0) is 32.6 Å². The zero-order chi connectivity index (χ0) is 33.1. The molecule has 46 heavy (non-hydrogen) atoms. The summed E-state index contributed by atoms with van der Waals surface area (Å²) in [4.78, 5) is 30.9. The summed E-state index contributed by atoms with van der Waals surface area (Å²) in [5, 5.41) is 3.03. The van der Waals surface area contributed by atoms with E-state index in [4.69, 9.17) is 0 Å². The van der Waals surface area contributed by atoms with Gasteiger partial charge in [0.15, 0.2) is 0 Å². The molecule has 0 aliphatic rings. The third-order valence-electron chi connectivity index (χ3n) is 7.82. The lowest BCUT2D eigenvalue weighted by molar-refractivity contribution is -0.140. The zero-order valence-corrected chi connectivity index (χ0v) is 28.6. The van der Waals surface area contributed by atoms with Gasteiger partial charge < -0.3 is 10.2 Å². The molecule has 0 aliphatic carbocycles. The number of anilines is 1. The number of carbonyl (C=O) groups excluding carboxylic acids is 2. The van der Waals surface area contributed by atoms with Crippen molar-refractivity contribution in [2.45, 2.75) is 62.4 Å². The summed E-state index contributed by atoms with van der Waals surface area (Å²) in [6.45, 7) is 6.11. The van der Waals surface area contributed by atoms with Gasteiger partial charge in [-0.1, -0.05) is 91.2 Å². The van der Waals surface area contributed by atoms with Gasteiger partial charge in [-0.3, -0.25) is 13.9 Å². The summed E-state index contributed by atoms with van der Waals surface area (Å²) in [7, 11) is -4.15. The fraction of sp³-hybridized carbons (Fsp3) is 0.297. The van der Waals surface area contributed by atoms with Gasteiger partial charge in [0, 0.05) is 24.4 Å². The van der Waals surface area contributed by atoms with Crippen LogP contribution in [0, 0.1) is 13.8 Å². The molecule has 1 unspecified atom stereocenters. The number of aryl methyl sites for hydroxylation is 2. The van der Waals surface area contributed by atoms with Gasteiger partial charge in [-0.05, 0) is 74.0 Å². The van der Waals surface area contributed by atoms with E-state index < -0.39 is 28.5 Å². The highest BCUT2D eigenvalue weighted by Crippen LogP contribution is 2.27. The van der Waals surface area contributed by atoms with Gasteiger partial charge in [0.2, 0.25) is 11.8 Å². The Morgan fingerprint density at radius 1 is 0.804 bits per heavy atom. The van der Waals surface area contributed by atoms with Crippen molar-refractivity contribution in [1.82, 2.24) is 10.2 Å². The number of thioether (sulfide) groups is 1. The maximum Gasteiger partial charge on any atom is 0.264 e. The van der Waals surface area contributed by atoms with E-state index in [9.17, 15) is 18.0 Å². The smallest absolute Gasteiger partial charge is 0.264 e. The molecule has 1 N–H and O–H groups in total. The van der Waals surface area contributed by atoms with Crippen molar-refractivity contribution in [2.24, 2.45) is 0 Å². The third kappa shape index (κ3) is 9.23. The second kappa shape index (κ2) is 16.5. The molecule has 4 aromatic rings. The first-order valence-electron chi connectivity index (χ1n) is 15.5. The van der Waals surface area contributed by atoms with E-state index in [2.05, 4.69) is 12.2 Å². The fourth-order valence-corrected chi connectivity index (χ4v) is 6.89. The summed E-state index contributed by atoms with van der Waals surface area (Å²) in [5.74, 6) is -0.743. The van der Waals surface area contributed by atoms with Gasteiger partial charge in [-0.2, -0.15) is 0 Å². The Morgan fingerprint density at radius 3 is 2.00 bits per heavy atom. The average Bonchev–Trinajstić information content (AvgIpc) is 3.07. The number of hydrogen-bond acceptors (Lipinski definition) is 5. The molecular weight excluding hydrogens is 615 g/mol. The van der Waals surface area contributed by atoms with Crippen molar-refractivity contribution in [3.8, 4) is 0 Å². The molecule has 0 saturated heterocycles. The van der Waals surface area contributed by atoms with E-state index in [1.54, 1.807) is 36.4 Å². The highest BCUT2D eigenvalue weighted by atomic mass is 32.2. The van der Waals surface area contributed by atoms with E-state index in [1.165, 1.54) is 16.7 Å². The average molecular weight is 658 g/mol. The number of nitrogens with zero attached hydrogens (tertiary/aromatic N) is 2. The molecule has 0 saturated carbocycles. The van der Waals surface area contributed by atoms with Gasteiger partial charge in [-0.25, -0.2) is 8.42 Å². The van der Waals surface area contributed by atoms with Crippen LogP contribution >= 0.6 is 11.8 Å². The minimum Gasteiger partial charge on any atom is -0.354 e. The Balaban J connectivity index is 1.78. The molecule has 0 radical (unpaired) electrons. The largest absolute Gasteiger partial charge is 0.354 e. The monoisotopic (exact) mass is 657 g/mol. The molecule has 0 fully saturated rings. The summed E-state index contributed by atoms with van der Waals surface area (Å²) in [6, 6.07) is 30.2. The standard InChI is InChI=1S/C37H43N3O4S2/c1-5-6-24-38-37(42)35(25-30-10-8-7-9-11-30)39(26-31-16-12-28(2)13-17-31)36(41)27-40(32-18-14-29(3)15-19-32)46(43,44)34-22-20-33(45-4)21-23-34/h7-23,35H,5-6,24-27H2,1-4H3,(H,38,42). The first kappa shape index (κ1) is 34.8. The lowest BCUT2D eigenvalue weighted by Gasteiger charge is -2.34. The Bertz CT molecular complexity index is 1680. The van der Waals surface area contributed by atoms with Gasteiger partial charge in [0.05, 0.1) is 10.6 Å². The van der Waals surface area contributed by atoms with E-state index in [1.807, 2.05) is 86.8 Å². The summed E-state index contributed by atoms with van der Waals surface area (Å²) in [5.41, 5.74) is 4.15. The van der Waals surface area contributed by atoms with Crippen LogP contribution in [0.2, 0.25) is 0 Å². The van der Waals surface area contributed by atoms with E-state index >= 15 is 0 Å². The maximum atomic E-state index is 14.5. The predicted octanol–water partition coefficient (Wildman–Crippen LogP) is 6.78. The molecule has 0 spiro atoms. The van der Waals surface area contributed by atoms with Crippen LogP contribution < -0.4 is 9.62 Å². The van der Waals surface area contributed by atoms with Gasteiger partial charge >= 0.3 is 0 Å². The van der Waals surface area contributed by atoms with Crippen LogP contribution in [-0.4, -0.2) is 50.5 Å². The Morgan fingerprint density at radius 2 is 1.41 bits per heavy atom. The van der Waals surface area contributed by atoms with Gasteiger partial charge in [-0.15, -0.1) is 11.8 Å². The van der Waals surface area contributed by atoms with Crippen molar-refractivity contribution >= 4 is 39.3 Å². The van der Waals surface area contributed by atoms with Gasteiger partial charge in [0.25, 0.3) is 10.0 Å². The number of unbranched alkanes of at least 4 members (excludes halogenated alkanes) is 1. The Labute approximate surface area is 278 Å². The third-order valence-corrected chi connectivity index (χ3v) is 10.4. The number of sulfonamides is 1. The quantitative estimate of drug-likeness (QED) is 0.113. The molecule has 0 aromatic heterocycles. The maximum absolute atomic E-state index is 14.5. The predicted molar refractivity (Wildman–Crippen MR) is 188 cm³/mol. The van der Waals surface area contributed by atoms with Crippen LogP contribution in [0.25, 0.3) is 0 Å². The molecule has 4 rings (SSSR count). The Hall–Kier alpha value is -4.08. The molecule has 242 valence electrons. The molecule has 0 aliphatic heterocycles. The summed E-state index contributed by atoms with van der Waals surface area (Å²) >= 11 is 1.52. The number of carbonyl (C=O) groups is 2. The summed E-state index contributed by atoms with van der Waals surface area (Å²) in [6.07, 6.45) is 3.93. The van der Waals surface area contributed by atoms with Crippen LogP contribution in [0.15, 0.2) is 113 Å². The number of hydrogen-bond donors (Lipinski definition) is 1. The van der Waals surface area contributed by atoms with Crippen LogP contribution in [0.3, 0.4) is 0 Å². The fourth-order valence-electron chi connectivity index (χ4n) is 5.07. The van der Waals surface area contributed by atoms with Crippen LogP contribution in [0.4, 0.5) is 5.69 Å². The lowest BCUT2D eigenvalue weighted by atomic mass is 10.0. The zero-order valence-electron chi connectivity index (χ0n) is 27.0. The highest BCUT2D eigenvalue weighted by Gasteiger charge is 2.34. The minimum atomic E-state index is -4.15. The van der Waals surface area contributed by atoms with Crippen molar-refractivity contribution in [3.05, 3.63) is 125 Å².